The molecule has 0 heterocycles. The van der Waals surface area contributed by atoms with Crippen molar-refractivity contribution in [2.45, 2.75) is 58.0 Å². The van der Waals surface area contributed by atoms with Crippen LogP contribution in [0.1, 0.15) is 46.0 Å². The molecule has 2 heteroatoms. The van der Waals surface area contributed by atoms with Crippen LogP contribution >= 0.6 is 11.8 Å². The summed E-state index contributed by atoms with van der Waals surface area (Å²) in [7, 11) is 0. The van der Waals surface area contributed by atoms with Gasteiger partial charge in [0.05, 0.1) is 0 Å². The van der Waals surface area contributed by atoms with Crippen molar-refractivity contribution in [2.75, 3.05) is 12.0 Å². The van der Waals surface area contributed by atoms with Crippen LogP contribution in [0, 0.1) is 5.92 Å². The maximum Gasteiger partial charge on any atom is 0.00697 e. The fourth-order valence-electron chi connectivity index (χ4n) is 2.21. The third-order valence-electron chi connectivity index (χ3n) is 3.29. The SMILES string of the molecule is CSCCC(C)NC1CCC(C)CC1. The van der Waals surface area contributed by atoms with E-state index in [4.69, 9.17) is 0 Å². The Bertz CT molecular complexity index is 141. The van der Waals surface area contributed by atoms with E-state index >= 15 is 0 Å². The summed E-state index contributed by atoms with van der Waals surface area (Å²) in [4.78, 5) is 0. The minimum Gasteiger partial charge on any atom is -0.311 e. The van der Waals surface area contributed by atoms with Crippen LogP contribution in [0.3, 0.4) is 0 Å². The number of thioether (sulfide) groups is 1. The molecule has 0 aromatic heterocycles. The summed E-state index contributed by atoms with van der Waals surface area (Å²) in [5, 5.41) is 3.76. The second-order valence-electron chi connectivity index (χ2n) is 4.81. The molecule has 1 fully saturated rings. The molecule has 1 aliphatic carbocycles. The van der Waals surface area contributed by atoms with Crippen LogP contribution in [0.2, 0.25) is 0 Å². The Hall–Kier alpha value is 0.310. The van der Waals surface area contributed by atoms with E-state index in [0.29, 0.717) is 6.04 Å². The lowest BCUT2D eigenvalue weighted by Crippen LogP contribution is -2.39. The quantitative estimate of drug-likeness (QED) is 0.755. The Morgan fingerprint density at radius 1 is 1.29 bits per heavy atom. The zero-order valence-corrected chi connectivity index (χ0v) is 10.7. The molecule has 1 aliphatic rings. The molecular weight excluding hydrogens is 190 g/mol. The molecule has 1 nitrogen and oxygen atoms in total. The van der Waals surface area contributed by atoms with Crippen molar-refractivity contribution < 1.29 is 0 Å². The Morgan fingerprint density at radius 2 is 1.93 bits per heavy atom. The van der Waals surface area contributed by atoms with Gasteiger partial charge in [0.25, 0.3) is 0 Å². The first kappa shape index (κ1) is 12.4. The molecule has 1 saturated carbocycles. The summed E-state index contributed by atoms with van der Waals surface area (Å²) < 4.78 is 0. The molecule has 1 N–H and O–H groups in total. The number of hydrogen-bond acceptors (Lipinski definition) is 2. The van der Waals surface area contributed by atoms with Crippen molar-refractivity contribution in [3.05, 3.63) is 0 Å². The predicted octanol–water partition coefficient (Wildman–Crippen LogP) is 3.30. The van der Waals surface area contributed by atoms with E-state index in [-0.39, 0.29) is 0 Å². The van der Waals surface area contributed by atoms with Crippen LogP contribution in [-0.2, 0) is 0 Å². The van der Waals surface area contributed by atoms with Gasteiger partial charge in [0, 0.05) is 12.1 Å². The zero-order chi connectivity index (χ0) is 10.4. The summed E-state index contributed by atoms with van der Waals surface area (Å²) in [5.41, 5.74) is 0. The first-order chi connectivity index (χ1) is 6.72. The lowest BCUT2D eigenvalue weighted by Gasteiger charge is -2.29. The molecule has 0 radical (unpaired) electrons. The van der Waals surface area contributed by atoms with Crippen LogP contribution in [0.5, 0.6) is 0 Å². The lowest BCUT2D eigenvalue weighted by molar-refractivity contribution is 0.289. The van der Waals surface area contributed by atoms with Crippen LogP contribution in [0.4, 0.5) is 0 Å². The van der Waals surface area contributed by atoms with Gasteiger partial charge in [0.2, 0.25) is 0 Å². The van der Waals surface area contributed by atoms with E-state index in [9.17, 15) is 0 Å². The highest BCUT2D eigenvalue weighted by Gasteiger charge is 2.18. The van der Waals surface area contributed by atoms with E-state index < -0.39 is 0 Å². The second kappa shape index (κ2) is 6.73. The molecule has 0 aliphatic heterocycles. The molecule has 0 saturated heterocycles. The Morgan fingerprint density at radius 3 is 2.50 bits per heavy atom. The molecule has 1 unspecified atom stereocenters. The summed E-state index contributed by atoms with van der Waals surface area (Å²) in [6.07, 6.45) is 9.14. The Labute approximate surface area is 93.4 Å². The number of nitrogens with one attached hydrogen (secondary N) is 1. The van der Waals surface area contributed by atoms with Crippen LogP contribution in [0.15, 0.2) is 0 Å². The summed E-state index contributed by atoms with van der Waals surface area (Å²) in [6.45, 7) is 4.71. The van der Waals surface area contributed by atoms with Gasteiger partial charge < -0.3 is 5.32 Å². The average molecular weight is 215 g/mol. The van der Waals surface area contributed by atoms with E-state index in [1.807, 2.05) is 11.8 Å². The van der Waals surface area contributed by atoms with Gasteiger partial charge in [-0.15, -0.1) is 0 Å². The van der Waals surface area contributed by atoms with E-state index in [1.165, 1.54) is 37.9 Å². The minimum absolute atomic E-state index is 0.709. The third kappa shape index (κ3) is 4.70. The van der Waals surface area contributed by atoms with Gasteiger partial charge in [-0.3, -0.25) is 0 Å². The van der Waals surface area contributed by atoms with Gasteiger partial charge in [-0.05, 0) is 57.0 Å². The second-order valence-corrected chi connectivity index (χ2v) is 5.79. The molecular formula is C12H25NS. The highest BCUT2D eigenvalue weighted by molar-refractivity contribution is 7.98. The van der Waals surface area contributed by atoms with Crippen molar-refractivity contribution >= 4 is 11.8 Å². The normalized spacial score (nSPS) is 30.2. The van der Waals surface area contributed by atoms with Gasteiger partial charge in [-0.25, -0.2) is 0 Å². The van der Waals surface area contributed by atoms with Gasteiger partial charge in [0.1, 0.15) is 0 Å². The van der Waals surface area contributed by atoms with Crippen LogP contribution < -0.4 is 5.32 Å². The van der Waals surface area contributed by atoms with E-state index in [1.54, 1.807) is 0 Å². The molecule has 0 spiro atoms. The van der Waals surface area contributed by atoms with Crippen molar-refractivity contribution in [1.82, 2.24) is 5.32 Å². The smallest absolute Gasteiger partial charge is 0.00697 e. The fraction of sp³-hybridized carbons (Fsp3) is 1.00. The van der Waals surface area contributed by atoms with E-state index in [2.05, 4.69) is 25.4 Å². The summed E-state index contributed by atoms with van der Waals surface area (Å²) in [6, 6.07) is 1.52. The Balaban J connectivity index is 2.10. The molecule has 1 rings (SSSR count). The monoisotopic (exact) mass is 215 g/mol. The standard InChI is InChI=1S/C12H25NS/c1-10-4-6-12(7-5-10)13-11(2)8-9-14-3/h10-13H,4-9H2,1-3H3. The first-order valence-electron chi connectivity index (χ1n) is 5.97. The molecule has 14 heavy (non-hydrogen) atoms. The maximum absolute atomic E-state index is 3.76. The van der Waals surface area contributed by atoms with Crippen molar-refractivity contribution in [2.24, 2.45) is 5.92 Å². The summed E-state index contributed by atoms with van der Waals surface area (Å²) >= 11 is 1.95. The van der Waals surface area contributed by atoms with Gasteiger partial charge >= 0.3 is 0 Å². The molecule has 84 valence electrons. The van der Waals surface area contributed by atoms with Crippen molar-refractivity contribution in [3.8, 4) is 0 Å². The van der Waals surface area contributed by atoms with Gasteiger partial charge in [-0.2, -0.15) is 11.8 Å². The van der Waals surface area contributed by atoms with Crippen molar-refractivity contribution in [1.29, 1.82) is 0 Å². The average Bonchev–Trinajstić information content (AvgIpc) is 2.18. The minimum atomic E-state index is 0.709. The van der Waals surface area contributed by atoms with E-state index in [0.717, 1.165) is 12.0 Å². The number of rotatable bonds is 5. The first-order valence-corrected chi connectivity index (χ1v) is 7.36. The molecule has 0 bridgehead atoms. The van der Waals surface area contributed by atoms with Crippen LogP contribution in [-0.4, -0.2) is 24.1 Å². The molecule has 1 atom stereocenters. The molecule has 0 aromatic rings. The fourth-order valence-corrected chi connectivity index (χ4v) is 2.80. The Kier molecular flexibility index (Phi) is 5.95. The lowest BCUT2D eigenvalue weighted by atomic mass is 9.87. The molecule has 0 aromatic carbocycles. The van der Waals surface area contributed by atoms with Gasteiger partial charge in [0.15, 0.2) is 0 Å². The maximum atomic E-state index is 3.76. The highest BCUT2D eigenvalue weighted by Crippen LogP contribution is 2.23. The van der Waals surface area contributed by atoms with Crippen molar-refractivity contribution in [3.63, 3.8) is 0 Å². The van der Waals surface area contributed by atoms with Crippen LogP contribution in [0.25, 0.3) is 0 Å². The third-order valence-corrected chi connectivity index (χ3v) is 3.94. The highest BCUT2D eigenvalue weighted by atomic mass is 32.2. The topological polar surface area (TPSA) is 12.0 Å². The zero-order valence-electron chi connectivity index (χ0n) is 9.88. The number of hydrogen-bond donors (Lipinski definition) is 1. The predicted molar refractivity (Wildman–Crippen MR) is 67.0 cm³/mol. The summed E-state index contributed by atoms with van der Waals surface area (Å²) in [5.74, 6) is 2.26. The van der Waals surface area contributed by atoms with Gasteiger partial charge in [-0.1, -0.05) is 6.92 Å². The molecule has 0 amide bonds. The largest absolute Gasteiger partial charge is 0.311 e.